The van der Waals surface area contributed by atoms with E-state index in [0.29, 0.717) is 75.7 Å². The molecule has 2 aliphatic rings. The number of thioether (sulfide) groups is 1. The van der Waals surface area contributed by atoms with Crippen molar-refractivity contribution in [2.45, 2.75) is 30.0 Å². The fourth-order valence-corrected chi connectivity index (χ4v) is 7.20. The number of carbonyl (C=O) groups is 2. The van der Waals surface area contributed by atoms with Crippen LogP contribution >= 0.6 is 34.7 Å². The zero-order chi connectivity index (χ0) is 31.5. The number of benzene rings is 3. The number of aliphatic hydroxyl groups is 1. The molecule has 1 amide bonds. The van der Waals surface area contributed by atoms with Crippen molar-refractivity contribution in [1.82, 2.24) is 10.2 Å². The van der Waals surface area contributed by atoms with Crippen LogP contribution in [0.25, 0.3) is 5.76 Å². The van der Waals surface area contributed by atoms with Gasteiger partial charge < -0.3 is 24.1 Å². The molecule has 0 bridgehead atoms. The molecule has 3 aromatic carbocycles. The van der Waals surface area contributed by atoms with Gasteiger partial charge in [0.1, 0.15) is 19.0 Å². The number of carbonyl (C=O) groups excluding carboxylic acids is 2. The second-order valence-corrected chi connectivity index (χ2v) is 12.4. The Morgan fingerprint density at radius 3 is 2.53 bits per heavy atom. The number of aromatic nitrogens is 2. The maximum absolute atomic E-state index is 13.7. The average molecular weight is 666 g/mol. The first-order chi connectivity index (χ1) is 21.9. The Kier molecular flexibility index (Phi) is 9.15. The monoisotopic (exact) mass is 665 g/mol. The van der Waals surface area contributed by atoms with Gasteiger partial charge in [0.25, 0.3) is 5.78 Å². The molecule has 3 heterocycles. The standard InChI is InChI=1S/C32H28ClN3O7S2/c1-3-40-22-11-9-18(15-24(22)41-4-2)27-26(28(37)19-10-12-23-25(16-19)43-14-13-42-23)29(38)30(39)36(27)31-34-35-32(45-31)44-17-20-7-5-6-8-21(20)33/h5-12,15-16,27,37H,3-4,13-14,17H2,1-2H3/t27-/m0/s1. The van der Waals surface area contributed by atoms with Crippen molar-refractivity contribution < 1.29 is 33.6 Å². The van der Waals surface area contributed by atoms with E-state index in [9.17, 15) is 14.7 Å². The summed E-state index contributed by atoms with van der Waals surface area (Å²) in [4.78, 5) is 28.7. The highest BCUT2D eigenvalue weighted by atomic mass is 35.5. The van der Waals surface area contributed by atoms with Gasteiger partial charge >= 0.3 is 5.91 Å². The summed E-state index contributed by atoms with van der Waals surface area (Å²) in [6.07, 6.45) is 0. The molecule has 232 valence electrons. The van der Waals surface area contributed by atoms with Gasteiger partial charge in [0.05, 0.1) is 24.8 Å². The highest BCUT2D eigenvalue weighted by molar-refractivity contribution is 8.00. The molecule has 6 rings (SSSR count). The van der Waals surface area contributed by atoms with E-state index in [0.717, 1.165) is 5.56 Å². The van der Waals surface area contributed by atoms with Gasteiger partial charge in [0, 0.05) is 16.3 Å². The number of hydrogen-bond acceptors (Lipinski definition) is 11. The van der Waals surface area contributed by atoms with Crippen LogP contribution in [0.4, 0.5) is 5.13 Å². The number of ketones is 1. The molecule has 1 saturated heterocycles. The van der Waals surface area contributed by atoms with E-state index >= 15 is 0 Å². The molecular weight excluding hydrogens is 638 g/mol. The van der Waals surface area contributed by atoms with E-state index in [1.54, 1.807) is 36.4 Å². The summed E-state index contributed by atoms with van der Waals surface area (Å²) in [5.41, 5.74) is 1.63. The summed E-state index contributed by atoms with van der Waals surface area (Å²) in [5, 5.41) is 21.1. The van der Waals surface area contributed by atoms with Gasteiger partial charge in [-0.25, -0.2) is 0 Å². The van der Waals surface area contributed by atoms with Crippen LogP contribution in [0.1, 0.15) is 36.6 Å². The number of ether oxygens (including phenoxy) is 4. The summed E-state index contributed by atoms with van der Waals surface area (Å²) in [6, 6.07) is 16.5. The molecule has 0 radical (unpaired) electrons. The maximum Gasteiger partial charge on any atom is 0.301 e. The van der Waals surface area contributed by atoms with Crippen molar-refractivity contribution in [3.63, 3.8) is 0 Å². The number of anilines is 1. The number of Topliss-reactive ketones (excluding diaryl/α,β-unsaturated/α-hetero) is 1. The lowest BCUT2D eigenvalue weighted by Crippen LogP contribution is -2.29. The predicted molar refractivity (Wildman–Crippen MR) is 172 cm³/mol. The minimum Gasteiger partial charge on any atom is -0.507 e. The Hall–Kier alpha value is -4.26. The minimum atomic E-state index is -1.04. The topological polar surface area (TPSA) is 120 Å². The molecule has 1 fully saturated rings. The number of amides is 1. The van der Waals surface area contributed by atoms with Crippen molar-refractivity contribution >= 4 is 57.3 Å². The maximum atomic E-state index is 13.7. The highest BCUT2D eigenvalue weighted by Gasteiger charge is 2.48. The molecule has 1 atom stereocenters. The van der Waals surface area contributed by atoms with Crippen molar-refractivity contribution in [3.8, 4) is 23.0 Å². The molecule has 0 spiro atoms. The third-order valence-electron chi connectivity index (χ3n) is 7.05. The molecule has 45 heavy (non-hydrogen) atoms. The van der Waals surface area contributed by atoms with Crippen LogP contribution in [-0.2, 0) is 15.3 Å². The van der Waals surface area contributed by atoms with Crippen LogP contribution in [0.2, 0.25) is 5.02 Å². The SMILES string of the molecule is CCOc1ccc([C@H]2C(=C(O)c3ccc4c(c3)OCCO4)C(=O)C(=O)N2c2nnc(SCc3ccccc3Cl)s2)cc1OCC. The predicted octanol–water partition coefficient (Wildman–Crippen LogP) is 6.68. The van der Waals surface area contributed by atoms with Crippen molar-refractivity contribution in [2.24, 2.45) is 0 Å². The Bertz CT molecular complexity index is 1790. The lowest BCUT2D eigenvalue weighted by molar-refractivity contribution is -0.132. The second kappa shape index (κ2) is 13.4. The van der Waals surface area contributed by atoms with Gasteiger partial charge in [-0.05, 0) is 61.4 Å². The fourth-order valence-electron chi connectivity index (χ4n) is 5.04. The van der Waals surface area contributed by atoms with Crippen LogP contribution in [0, 0.1) is 0 Å². The van der Waals surface area contributed by atoms with E-state index in [1.165, 1.54) is 28.0 Å². The number of rotatable bonds is 10. The first kappa shape index (κ1) is 30.8. The third-order valence-corrected chi connectivity index (χ3v) is 9.53. The molecule has 0 saturated carbocycles. The number of nitrogens with zero attached hydrogens (tertiary/aromatic N) is 3. The highest BCUT2D eigenvalue weighted by Crippen LogP contribution is 2.46. The first-order valence-corrected chi connectivity index (χ1v) is 16.4. The van der Waals surface area contributed by atoms with Gasteiger partial charge in [-0.3, -0.25) is 14.5 Å². The number of aliphatic hydroxyl groups excluding tert-OH is 1. The number of hydrogen-bond donors (Lipinski definition) is 1. The summed E-state index contributed by atoms with van der Waals surface area (Å²) in [5.74, 6) is 0.388. The molecule has 1 aromatic heterocycles. The molecule has 0 aliphatic carbocycles. The van der Waals surface area contributed by atoms with Crippen molar-refractivity contribution in [2.75, 3.05) is 31.3 Å². The number of fused-ring (bicyclic) bond motifs is 1. The summed E-state index contributed by atoms with van der Waals surface area (Å²) >= 11 is 8.90. The quantitative estimate of drug-likeness (QED) is 0.0646. The molecule has 10 nitrogen and oxygen atoms in total. The lowest BCUT2D eigenvalue weighted by atomic mass is 9.95. The van der Waals surface area contributed by atoms with Gasteiger partial charge in [0.2, 0.25) is 5.13 Å². The molecule has 4 aromatic rings. The Labute approximate surface area is 272 Å². The van der Waals surface area contributed by atoms with Crippen LogP contribution < -0.4 is 23.8 Å². The zero-order valence-electron chi connectivity index (χ0n) is 24.3. The van der Waals surface area contributed by atoms with Gasteiger partial charge in [0.15, 0.2) is 27.3 Å². The van der Waals surface area contributed by atoms with Gasteiger partial charge in [-0.2, -0.15) is 0 Å². The van der Waals surface area contributed by atoms with Crippen LogP contribution in [0.15, 0.2) is 70.6 Å². The second-order valence-electron chi connectivity index (χ2n) is 9.83. The van der Waals surface area contributed by atoms with E-state index < -0.39 is 17.7 Å². The summed E-state index contributed by atoms with van der Waals surface area (Å²) in [6.45, 7) is 5.25. The lowest BCUT2D eigenvalue weighted by Gasteiger charge is -2.24. The number of halogens is 1. The molecular formula is C32H28ClN3O7S2. The first-order valence-electron chi connectivity index (χ1n) is 14.2. The van der Waals surface area contributed by atoms with Crippen LogP contribution in [-0.4, -0.2) is 53.4 Å². The van der Waals surface area contributed by atoms with Gasteiger partial charge in [-0.1, -0.05) is 59.0 Å². The van der Waals surface area contributed by atoms with Gasteiger partial charge in [-0.15, -0.1) is 10.2 Å². The molecule has 0 unspecified atom stereocenters. The van der Waals surface area contributed by atoms with E-state index in [2.05, 4.69) is 10.2 Å². The van der Waals surface area contributed by atoms with E-state index in [-0.39, 0.29) is 16.5 Å². The third kappa shape index (κ3) is 6.18. The Morgan fingerprint density at radius 1 is 1.00 bits per heavy atom. The van der Waals surface area contributed by atoms with E-state index in [4.69, 9.17) is 30.5 Å². The summed E-state index contributed by atoms with van der Waals surface area (Å²) < 4.78 is 23.5. The minimum absolute atomic E-state index is 0.108. The fraction of sp³-hybridized carbons (Fsp3) is 0.250. The molecule has 1 N–H and O–H groups in total. The normalized spacial score (nSPS) is 17.0. The summed E-state index contributed by atoms with van der Waals surface area (Å²) in [7, 11) is 0. The molecule has 2 aliphatic heterocycles. The Morgan fingerprint density at radius 2 is 1.76 bits per heavy atom. The largest absolute Gasteiger partial charge is 0.507 e. The van der Waals surface area contributed by atoms with Crippen LogP contribution in [0.5, 0.6) is 23.0 Å². The van der Waals surface area contributed by atoms with Crippen molar-refractivity contribution in [3.05, 3.63) is 87.9 Å². The average Bonchev–Trinajstić information content (AvgIpc) is 3.62. The van der Waals surface area contributed by atoms with Crippen molar-refractivity contribution in [1.29, 1.82) is 0 Å². The van der Waals surface area contributed by atoms with E-state index in [1.807, 2.05) is 38.1 Å². The molecule has 13 heteroatoms. The smallest absolute Gasteiger partial charge is 0.301 e. The van der Waals surface area contributed by atoms with Crippen LogP contribution in [0.3, 0.4) is 0 Å². The zero-order valence-corrected chi connectivity index (χ0v) is 26.7. The Balaban J connectivity index is 1.43.